The van der Waals surface area contributed by atoms with Crippen molar-refractivity contribution in [2.75, 3.05) is 0 Å². The number of halogens is 1. The first-order valence-electron chi connectivity index (χ1n) is 5.17. The standard InChI is InChI=1S/C12H15FO2S/c1-3-8(2)16-7-9-4-10(12(14)15)6-11(13)5-9/h4-6,8H,3,7H2,1-2H3,(H,14,15). The van der Waals surface area contributed by atoms with Gasteiger partial charge in [0.05, 0.1) is 5.56 Å². The first kappa shape index (κ1) is 13.0. The molecule has 0 aliphatic carbocycles. The molecule has 4 heteroatoms. The zero-order valence-electron chi connectivity index (χ0n) is 9.37. The predicted molar refractivity (Wildman–Crippen MR) is 64.4 cm³/mol. The molecule has 0 radical (unpaired) electrons. The summed E-state index contributed by atoms with van der Waals surface area (Å²) in [6, 6.07) is 3.96. The Hall–Kier alpha value is -1.03. The van der Waals surface area contributed by atoms with E-state index < -0.39 is 11.8 Å². The Morgan fingerprint density at radius 3 is 2.75 bits per heavy atom. The third-order valence-corrected chi connectivity index (χ3v) is 3.72. The fraction of sp³-hybridized carbons (Fsp3) is 0.417. The zero-order valence-corrected chi connectivity index (χ0v) is 10.2. The van der Waals surface area contributed by atoms with Crippen LogP contribution in [0.25, 0.3) is 0 Å². The average Bonchev–Trinajstić information content (AvgIpc) is 2.25. The first-order valence-corrected chi connectivity index (χ1v) is 6.22. The van der Waals surface area contributed by atoms with Crippen molar-refractivity contribution in [3.63, 3.8) is 0 Å². The van der Waals surface area contributed by atoms with E-state index in [-0.39, 0.29) is 5.56 Å². The highest BCUT2D eigenvalue weighted by Gasteiger charge is 2.08. The summed E-state index contributed by atoms with van der Waals surface area (Å²) in [4.78, 5) is 10.7. The number of benzene rings is 1. The second-order valence-corrected chi connectivity index (χ2v) is 5.11. The van der Waals surface area contributed by atoms with E-state index in [0.29, 0.717) is 11.0 Å². The van der Waals surface area contributed by atoms with Gasteiger partial charge in [-0.05, 0) is 30.2 Å². The van der Waals surface area contributed by atoms with Gasteiger partial charge in [0.2, 0.25) is 0 Å². The van der Waals surface area contributed by atoms with Gasteiger partial charge in [0, 0.05) is 11.0 Å². The minimum Gasteiger partial charge on any atom is -0.478 e. The Morgan fingerprint density at radius 2 is 2.19 bits per heavy atom. The van der Waals surface area contributed by atoms with Crippen molar-refractivity contribution in [1.29, 1.82) is 0 Å². The van der Waals surface area contributed by atoms with Gasteiger partial charge in [0.25, 0.3) is 0 Å². The van der Waals surface area contributed by atoms with Crippen LogP contribution in [0.3, 0.4) is 0 Å². The van der Waals surface area contributed by atoms with Gasteiger partial charge in [-0.25, -0.2) is 9.18 Å². The van der Waals surface area contributed by atoms with Gasteiger partial charge in [-0.3, -0.25) is 0 Å². The summed E-state index contributed by atoms with van der Waals surface area (Å²) in [6.07, 6.45) is 1.05. The molecule has 1 atom stereocenters. The molecule has 0 heterocycles. The largest absolute Gasteiger partial charge is 0.478 e. The van der Waals surface area contributed by atoms with Crippen molar-refractivity contribution < 1.29 is 14.3 Å². The molecule has 0 fully saturated rings. The fourth-order valence-electron chi connectivity index (χ4n) is 1.21. The van der Waals surface area contributed by atoms with E-state index in [9.17, 15) is 9.18 Å². The highest BCUT2D eigenvalue weighted by Crippen LogP contribution is 2.21. The molecule has 1 unspecified atom stereocenters. The number of carboxylic acids is 1. The summed E-state index contributed by atoms with van der Waals surface area (Å²) in [5.41, 5.74) is 0.738. The van der Waals surface area contributed by atoms with Gasteiger partial charge in [0.1, 0.15) is 5.82 Å². The maximum atomic E-state index is 13.1. The molecule has 0 aromatic heterocycles. The molecule has 0 aliphatic rings. The molecule has 0 bridgehead atoms. The topological polar surface area (TPSA) is 37.3 Å². The van der Waals surface area contributed by atoms with Gasteiger partial charge in [-0.1, -0.05) is 13.8 Å². The maximum Gasteiger partial charge on any atom is 0.335 e. The minimum absolute atomic E-state index is 0.0137. The molecule has 0 saturated heterocycles. The van der Waals surface area contributed by atoms with Gasteiger partial charge in [0.15, 0.2) is 0 Å². The number of thioether (sulfide) groups is 1. The number of hydrogen-bond acceptors (Lipinski definition) is 2. The Bertz CT molecular complexity index is 379. The van der Waals surface area contributed by atoms with E-state index in [4.69, 9.17) is 5.11 Å². The zero-order chi connectivity index (χ0) is 12.1. The molecule has 0 spiro atoms. The molecule has 0 amide bonds. The Labute approximate surface area is 98.9 Å². The lowest BCUT2D eigenvalue weighted by atomic mass is 10.1. The third-order valence-electron chi connectivity index (χ3n) is 2.31. The van der Waals surface area contributed by atoms with E-state index in [1.165, 1.54) is 12.1 Å². The molecule has 1 N–H and O–H groups in total. The highest BCUT2D eigenvalue weighted by molar-refractivity contribution is 7.99. The van der Waals surface area contributed by atoms with Gasteiger partial charge < -0.3 is 5.11 Å². The third kappa shape index (κ3) is 3.85. The van der Waals surface area contributed by atoms with E-state index in [2.05, 4.69) is 13.8 Å². The van der Waals surface area contributed by atoms with Crippen LogP contribution in [0, 0.1) is 5.82 Å². The molecule has 0 saturated carbocycles. The van der Waals surface area contributed by atoms with Crippen LogP contribution < -0.4 is 0 Å². The lowest BCUT2D eigenvalue weighted by Crippen LogP contribution is -2.00. The van der Waals surface area contributed by atoms with Crippen LogP contribution in [0.1, 0.15) is 36.2 Å². The molecule has 88 valence electrons. The summed E-state index contributed by atoms with van der Waals surface area (Å²) in [5.74, 6) is -0.929. The second-order valence-electron chi connectivity index (χ2n) is 3.68. The van der Waals surface area contributed by atoms with Gasteiger partial charge >= 0.3 is 5.97 Å². The Morgan fingerprint density at radius 1 is 1.50 bits per heavy atom. The smallest absolute Gasteiger partial charge is 0.335 e. The van der Waals surface area contributed by atoms with Crippen LogP contribution in [0.15, 0.2) is 18.2 Å². The normalized spacial score (nSPS) is 12.4. The van der Waals surface area contributed by atoms with Crippen molar-refractivity contribution in [2.45, 2.75) is 31.3 Å². The highest BCUT2D eigenvalue weighted by atomic mass is 32.2. The van der Waals surface area contributed by atoms with Crippen molar-refractivity contribution in [2.24, 2.45) is 0 Å². The van der Waals surface area contributed by atoms with Crippen molar-refractivity contribution in [3.8, 4) is 0 Å². The molecule has 1 aromatic carbocycles. The SMILES string of the molecule is CCC(C)SCc1cc(F)cc(C(=O)O)c1. The second kappa shape index (κ2) is 5.89. The van der Waals surface area contributed by atoms with Crippen molar-refractivity contribution >= 4 is 17.7 Å². The summed E-state index contributed by atoms with van der Waals surface area (Å²) >= 11 is 1.70. The number of carbonyl (C=O) groups is 1. The number of carboxylic acid groups (broad SMARTS) is 1. The van der Waals surface area contributed by atoms with E-state index in [1.807, 2.05) is 0 Å². The van der Waals surface area contributed by atoms with E-state index >= 15 is 0 Å². The van der Waals surface area contributed by atoms with Gasteiger partial charge in [-0.15, -0.1) is 0 Å². The molecular formula is C12H15FO2S. The van der Waals surface area contributed by atoms with E-state index in [1.54, 1.807) is 11.8 Å². The van der Waals surface area contributed by atoms with Crippen LogP contribution >= 0.6 is 11.8 Å². The van der Waals surface area contributed by atoms with Crippen LogP contribution in [-0.2, 0) is 5.75 Å². The molecule has 1 aromatic rings. The first-order chi connectivity index (χ1) is 7.52. The number of hydrogen-bond donors (Lipinski definition) is 1. The number of aromatic carboxylic acids is 1. The predicted octanol–water partition coefficient (Wildman–Crippen LogP) is 3.56. The molecule has 2 nitrogen and oxygen atoms in total. The average molecular weight is 242 g/mol. The molecule has 16 heavy (non-hydrogen) atoms. The van der Waals surface area contributed by atoms with Crippen LogP contribution in [0.2, 0.25) is 0 Å². The fourth-order valence-corrected chi connectivity index (χ4v) is 2.09. The number of rotatable bonds is 5. The lowest BCUT2D eigenvalue weighted by molar-refractivity contribution is 0.0696. The Balaban J connectivity index is 2.76. The summed E-state index contributed by atoms with van der Waals surface area (Å²) in [6.45, 7) is 4.19. The van der Waals surface area contributed by atoms with Crippen molar-refractivity contribution in [3.05, 3.63) is 35.1 Å². The molecular weight excluding hydrogens is 227 g/mol. The van der Waals surface area contributed by atoms with Crippen LogP contribution in [-0.4, -0.2) is 16.3 Å². The van der Waals surface area contributed by atoms with Crippen LogP contribution in [0.4, 0.5) is 4.39 Å². The quantitative estimate of drug-likeness (QED) is 0.857. The minimum atomic E-state index is -1.09. The molecule has 1 rings (SSSR count). The lowest BCUT2D eigenvalue weighted by Gasteiger charge is -2.08. The van der Waals surface area contributed by atoms with Gasteiger partial charge in [-0.2, -0.15) is 11.8 Å². The summed E-state index contributed by atoms with van der Waals surface area (Å²) in [7, 11) is 0. The monoisotopic (exact) mass is 242 g/mol. The summed E-state index contributed by atoms with van der Waals surface area (Å²) < 4.78 is 13.1. The molecule has 0 aliphatic heterocycles. The van der Waals surface area contributed by atoms with Crippen LogP contribution in [0.5, 0.6) is 0 Å². The van der Waals surface area contributed by atoms with Crippen molar-refractivity contribution in [1.82, 2.24) is 0 Å². The summed E-state index contributed by atoms with van der Waals surface area (Å²) in [5, 5.41) is 9.28. The Kier molecular flexibility index (Phi) is 4.80. The van der Waals surface area contributed by atoms with E-state index in [0.717, 1.165) is 18.1 Å². The maximum absolute atomic E-state index is 13.1.